The minimum atomic E-state index is -0.389. The average Bonchev–Trinajstić information content (AvgIpc) is 3.25. The number of nitrogens with zero attached hydrogens (tertiary/aromatic N) is 3. The van der Waals surface area contributed by atoms with Crippen LogP contribution in [-0.4, -0.2) is 26.4 Å². The van der Waals surface area contributed by atoms with Gasteiger partial charge >= 0.3 is 0 Å². The lowest BCUT2D eigenvalue weighted by Crippen LogP contribution is -2.20. The number of methoxy groups -OCH3 is 1. The number of benzene rings is 3. The van der Waals surface area contributed by atoms with E-state index in [0.717, 1.165) is 16.7 Å². The van der Waals surface area contributed by atoms with Crippen LogP contribution in [0.4, 0.5) is 0 Å². The summed E-state index contributed by atoms with van der Waals surface area (Å²) >= 11 is 0. The van der Waals surface area contributed by atoms with Gasteiger partial charge in [0.05, 0.1) is 12.7 Å². The first-order valence-corrected chi connectivity index (χ1v) is 10.2. The summed E-state index contributed by atoms with van der Waals surface area (Å²) in [6.07, 6.45) is 0. The van der Waals surface area contributed by atoms with Crippen LogP contribution >= 0.6 is 0 Å². The van der Waals surface area contributed by atoms with Gasteiger partial charge in [-0.3, -0.25) is 9.36 Å². The van der Waals surface area contributed by atoms with Crippen molar-refractivity contribution in [3.05, 3.63) is 95.3 Å². The summed E-state index contributed by atoms with van der Waals surface area (Å²) in [6, 6.07) is 26.5. The van der Waals surface area contributed by atoms with Gasteiger partial charge in [0.1, 0.15) is 17.0 Å². The molecule has 0 aliphatic heterocycles. The zero-order chi connectivity index (χ0) is 22.2. The first-order valence-electron chi connectivity index (χ1n) is 10.2. The van der Waals surface area contributed by atoms with Crippen molar-refractivity contribution in [3.8, 4) is 45.1 Å². The molecular weight excluding hydrogens is 402 g/mol. The van der Waals surface area contributed by atoms with Gasteiger partial charge in [-0.05, 0) is 23.3 Å². The van der Waals surface area contributed by atoms with E-state index < -0.39 is 0 Å². The van der Waals surface area contributed by atoms with Crippen LogP contribution in [0.5, 0.6) is 11.6 Å². The maximum atomic E-state index is 13.6. The predicted molar refractivity (Wildman–Crippen MR) is 125 cm³/mol. The Morgan fingerprint density at radius 2 is 1.34 bits per heavy atom. The second-order valence-corrected chi connectivity index (χ2v) is 7.48. The van der Waals surface area contributed by atoms with Crippen LogP contribution in [0.2, 0.25) is 0 Å². The van der Waals surface area contributed by atoms with Gasteiger partial charge in [0.25, 0.3) is 5.56 Å². The molecule has 32 heavy (non-hydrogen) atoms. The summed E-state index contributed by atoms with van der Waals surface area (Å²) in [6.45, 7) is 0. The zero-order valence-electron chi connectivity index (χ0n) is 17.7. The predicted octanol–water partition coefficient (Wildman–Crippen LogP) is 4.75. The fourth-order valence-electron chi connectivity index (χ4n) is 4.01. The molecule has 0 aliphatic carbocycles. The normalized spacial score (nSPS) is 11.1. The highest BCUT2D eigenvalue weighted by atomic mass is 16.5. The molecule has 2 aromatic heterocycles. The summed E-state index contributed by atoms with van der Waals surface area (Å²) in [5.74, 6) is 0.548. The maximum Gasteiger partial charge on any atom is 0.286 e. The molecule has 0 fully saturated rings. The lowest BCUT2D eigenvalue weighted by molar-refractivity contribution is 0.414. The molecular formula is C26H21N3O3. The van der Waals surface area contributed by atoms with Crippen LogP contribution in [-0.2, 0) is 7.05 Å². The molecule has 0 amide bonds. The minimum absolute atomic E-state index is 0.121. The fraction of sp³-hybridized carbons (Fsp3) is 0.0769. The molecule has 158 valence electrons. The Balaban J connectivity index is 1.87. The number of hydrogen-bond acceptors (Lipinski definition) is 4. The third kappa shape index (κ3) is 3.04. The molecule has 6 heteroatoms. The van der Waals surface area contributed by atoms with Crippen LogP contribution in [0, 0.1) is 0 Å². The highest BCUT2D eigenvalue weighted by molar-refractivity contribution is 5.91. The van der Waals surface area contributed by atoms with Crippen LogP contribution in [0.15, 0.2) is 89.7 Å². The summed E-state index contributed by atoms with van der Waals surface area (Å²) in [7, 11) is 3.32. The number of rotatable bonds is 4. The van der Waals surface area contributed by atoms with Crippen LogP contribution in [0.1, 0.15) is 0 Å². The number of aromatic nitrogens is 3. The maximum absolute atomic E-state index is 13.6. The molecule has 5 rings (SSSR count). The number of fused-ring (bicyclic) bond motifs is 1. The summed E-state index contributed by atoms with van der Waals surface area (Å²) in [4.78, 5) is 13.6. The second kappa shape index (κ2) is 7.74. The van der Waals surface area contributed by atoms with Crippen LogP contribution in [0.25, 0.3) is 39.2 Å². The molecule has 0 atom stereocenters. The van der Waals surface area contributed by atoms with Crippen molar-refractivity contribution in [1.29, 1.82) is 0 Å². The largest absolute Gasteiger partial charge is 0.497 e. The summed E-state index contributed by atoms with van der Waals surface area (Å²) in [5.41, 5.74) is 4.17. The molecule has 0 aliphatic rings. The first kappa shape index (κ1) is 19.6. The topological polar surface area (TPSA) is 68.8 Å². The van der Waals surface area contributed by atoms with E-state index in [1.165, 1.54) is 4.52 Å². The number of aryl methyl sites for hydroxylation is 1. The number of hydrogen-bond donors (Lipinski definition) is 1. The van der Waals surface area contributed by atoms with E-state index in [1.54, 1.807) is 43.0 Å². The van der Waals surface area contributed by atoms with Gasteiger partial charge in [0.15, 0.2) is 5.65 Å². The Hall–Kier alpha value is -4.32. The van der Waals surface area contributed by atoms with Gasteiger partial charge in [-0.2, -0.15) is 9.61 Å². The van der Waals surface area contributed by atoms with Crippen molar-refractivity contribution in [2.24, 2.45) is 7.05 Å². The highest BCUT2D eigenvalue weighted by Crippen LogP contribution is 2.37. The average molecular weight is 423 g/mol. The third-order valence-corrected chi connectivity index (χ3v) is 5.61. The molecule has 0 saturated carbocycles. The quantitative estimate of drug-likeness (QED) is 0.453. The molecule has 0 spiro atoms. The van der Waals surface area contributed by atoms with Crippen LogP contribution < -0.4 is 10.3 Å². The molecule has 1 N–H and O–H groups in total. The van der Waals surface area contributed by atoms with Crippen molar-refractivity contribution in [2.75, 3.05) is 7.11 Å². The van der Waals surface area contributed by atoms with Gasteiger partial charge < -0.3 is 9.84 Å². The van der Waals surface area contributed by atoms with Gasteiger partial charge in [0, 0.05) is 12.6 Å². The molecule has 0 unspecified atom stereocenters. The van der Waals surface area contributed by atoms with Gasteiger partial charge in [-0.1, -0.05) is 72.8 Å². The number of ether oxygens (including phenoxy) is 1. The van der Waals surface area contributed by atoms with Crippen molar-refractivity contribution < 1.29 is 9.84 Å². The van der Waals surface area contributed by atoms with Crippen molar-refractivity contribution in [3.63, 3.8) is 0 Å². The lowest BCUT2D eigenvalue weighted by Gasteiger charge is -2.13. The van der Waals surface area contributed by atoms with E-state index in [9.17, 15) is 9.90 Å². The monoisotopic (exact) mass is 423 g/mol. The van der Waals surface area contributed by atoms with Gasteiger partial charge in [0.2, 0.25) is 5.88 Å². The van der Waals surface area contributed by atoms with Crippen LogP contribution in [0.3, 0.4) is 0 Å². The van der Waals surface area contributed by atoms with E-state index in [0.29, 0.717) is 22.7 Å². The SMILES string of the molecule is COc1ccc(-c2c(O)n(C)c3c(-c4ccccc4)c(-c4ccccc4)nn3c2=O)cc1. The smallest absolute Gasteiger partial charge is 0.286 e. The molecule has 0 saturated heterocycles. The molecule has 3 aromatic carbocycles. The number of aromatic hydroxyl groups is 1. The van der Waals surface area contributed by atoms with E-state index in [4.69, 9.17) is 9.84 Å². The standard InChI is InChI=1S/C26H21N3O3/c1-28-24-21(17-9-5-3-6-10-17)23(19-11-7-4-8-12-19)27-29(24)26(31)22(25(28)30)18-13-15-20(32-2)16-14-18/h3-16,30H,1-2H3. The summed E-state index contributed by atoms with van der Waals surface area (Å²) in [5, 5.41) is 15.8. The van der Waals surface area contributed by atoms with E-state index >= 15 is 0 Å². The Labute approximate surface area is 184 Å². The Bertz CT molecular complexity index is 1470. The highest BCUT2D eigenvalue weighted by Gasteiger charge is 2.24. The van der Waals surface area contributed by atoms with Crippen molar-refractivity contribution >= 4 is 5.65 Å². The van der Waals surface area contributed by atoms with Gasteiger partial charge in [-0.15, -0.1) is 0 Å². The van der Waals surface area contributed by atoms with Crippen molar-refractivity contribution in [1.82, 2.24) is 14.2 Å². The Morgan fingerprint density at radius 1 is 0.781 bits per heavy atom. The first-order chi connectivity index (χ1) is 15.6. The van der Waals surface area contributed by atoms with E-state index in [2.05, 4.69) is 0 Å². The third-order valence-electron chi connectivity index (χ3n) is 5.61. The second-order valence-electron chi connectivity index (χ2n) is 7.48. The van der Waals surface area contributed by atoms with Crippen molar-refractivity contribution in [2.45, 2.75) is 0 Å². The Morgan fingerprint density at radius 3 is 1.94 bits per heavy atom. The molecule has 5 aromatic rings. The lowest BCUT2D eigenvalue weighted by atomic mass is 10.0. The molecule has 0 bridgehead atoms. The van der Waals surface area contributed by atoms with Gasteiger partial charge in [-0.25, -0.2) is 0 Å². The van der Waals surface area contributed by atoms with E-state index in [1.807, 2.05) is 60.7 Å². The molecule has 2 heterocycles. The minimum Gasteiger partial charge on any atom is -0.497 e. The zero-order valence-corrected chi connectivity index (χ0v) is 17.7. The molecule has 0 radical (unpaired) electrons. The summed E-state index contributed by atoms with van der Waals surface area (Å²) < 4.78 is 8.21. The molecule has 6 nitrogen and oxygen atoms in total. The van der Waals surface area contributed by atoms with E-state index in [-0.39, 0.29) is 17.0 Å². The Kier molecular flexibility index (Phi) is 4.75. The fourth-order valence-corrected chi connectivity index (χ4v) is 4.01.